The third kappa shape index (κ3) is 5.60. The normalized spacial score (nSPS) is 12.4. The van der Waals surface area contributed by atoms with E-state index in [4.69, 9.17) is 4.74 Å². The lowest BCUT2D eigenvalue weighted by atomic mass is 9.99. The van der Waals surface area contributed by atoms with Gasteiger partial charge in [0.05, 0.1) is 4.90 Å². The number of hydrogen-bond acceptors (Lipinski definition) is 4. The molecule has 0 aliphatic carbocycles. The van der Waals surface area contributed by atoms with Crippen LogP contribution in [0.5, 0.6) is 5.75 Å². The fourth-order valence-electron chi connectivity index (χ4n) is 2.28. The first-order chi connectivity index (χ1) is 11.8. The van der Waals surface area contributed by atoms with Crippen LogP contribution in [0.15, 0.2) is 53.4 Å². The molecule has 5 nitrogen and oxygen atoms in total. The van der Waals surface area contributed by atoms with Crippen molar-refractivity contribution in [2.75, 3.05) is 18.2 Å². The number of amides is 1. The van der Waals surface area contributed by atoms with E-state index in [1.807, 2.05) is 24.3 Å². The van der Waals surface area contributed by atoms with E-state index in [0.717, 1.165) is 12.7 Å². The second-order valence-corrected chi connectivity index (χ2v) is 8.03. The van der Waals surface area contributed by atoms with Gasteiger partial charge in [-0.1, -0.05) is 32.0 Å². The fourth-order valence-corrected chi connectivity index (χ4v) is 2.95. The number of hydrogen-bond donors (Lipinski definition) is 1. The van der Waals surface area contributed by atoms with Crippen LogP contribution < -0.4 is 10.1 Å². The maximum absolute atomic E-state index is 12.0. The average Bonchev–Trinajstić information content (AvgIpc) is 2.59. The summed E-state index contributed by atoms with van der Waals surface area (Å²) in [4.78, 5) is 12.1. The number of nitrogens with one attached hydrogen (secondary N) is 1. The molecule has 134 valence electrons. The summed E-state index contributed by atoms with van der Waals surface area (Å²) in [7, 11) is -3.31. The summed E-state index contributed by atoms with van der Waals surface area (Å²) in [6.45, 7) is 4.15. The van der Waals surface area contributed by atoms with E-state index in [2.05, 4.69) is 19.2 Å². The van der Waals surface area contributed by atoms with Gasteiger partial charge in [0.25, 0.3) is 5.91 Å². The lowest BCUT2D eigenvalue weighted by Crippen LogP contribution is -2.20. The van der Waals surface area contributed by atoms with E-state index < -0.39 is 9.84 Å². The first-order valence-corrected chi connectivity index (χ1v) is 10.0. The summed E-state index contributed by atoms with van der Waals surface area (Å²) in [5.74, 6) is 0.753. The molecule has 2 aromatic carbocycles. The summed E-state index contributed by atoms with van der Waals surface area (Å²) < 4.78 is 28.6. The lowest BCUT2D eigenvalue weighted by Gasteiger charge is -2.11. The van der Waals surface area contributed by atoms with Gasteiger partial charge in [-0.2, -0.15) is 0 Å². The first kappa shape index (κ1) is 19.0. The summed E-state index contributed by atoms with van der Waals surface area (Å²) in [6.07, 6.45) is 2.19. The quantitative estimate of drug-likeness (QED) is 0.817. The second-order valence-electron chi connectivity index (χ2n) is 6.02. The zero-order chi connectivity index (χ0) is 18.4. The zero-order valence-corrected chi connectivity index (χ0v) is 15.5. The molecule has 0 saturated carbocycles. The van der Waals surface area contributed by atoms with Crippen molar-refractivity contribution in [3.63, 3.8) is 0 Å². The fraction of sp³-hybridized carbons (Fsp3) is 0.316. The van der Waals surface area contributed by atoms with E-state index in [-0.39, 0.29) is 17.4 Å². The highest BCUT2D eigenvalue weighted by Gasteiger charge is 2.10. The topological polar surface area (TPSA) is 72.5 Å². The number of carbonyl (C=O) groups excluding carboxylic acids is 1. The Labute approximate surface area is 148 Å². The van der Waals surface area contributed by atoms with Gasteiger partial charge in [0.2, 0.25) is 0 Å². The molecule has 0 unspecified atom stereocenters. The Morgan fingerprint density at radius 2 is 1.84 bits per heavy atom. The molecule has 0 radical (unpaired) electrons. The minimum absolute atomic E-state index is 0.147. The SMILES string of the molecule is CC[C@H](C)c1ccc(OCC(=O)Nc2cccc(S(C)(=O)=O)c2)cc1. The monoisotopic (exact) mass is 361 g/mol. The molecule has 1 amide bonds. The molecular formula is C19H23NO4S. The Balaban J connectivity index is 1.93. The highest BCUT2D eigenvalue weighted by Crippen LogP contribution is 2.21. The van der Waals surface area contributed by atoms with Gasteiger partial charge in [-0.15, -0.1) is 0 Å². The number of carbonyl (C=O) groups is 1. The van der Waals surface area contributed by atoms with Gasteiger partial charge in [0, 0.05) is 11.9 Å². The summed E-state index contributed by atoms with van der Waals surface area (Å²) >= 11 is 0. The van der Waals surface area contributed by atoms with Crippen molar-refractivity contribution in [1.29, 1.82) is 0 Å². The molecule has 0 spiro atoms. The summed E-state index contributed by atoms with van der Waals surface area (Å²) in [6, 6.07) is 13.8. The predicted molar refractivity (Wildman–Crippen MR) is 98.8 cm³/mol. The van der Waals surface area contributed by atoms with E-state index in [1.54, 1.807) is 12.1 Å². The maximum Gasteiger partial charge on any atom is 0.262 e. The number of rotatable bonds is 7. The molecule has 0 saturated heterocycles. The average molecular weight is 361 g/mol. The van der Waals surface area contributed by atoms with Crippen LogP contribution in [0.3, 0.4) is 0 Å². The molecule has 1 N–H and O–H groups in total. The van der Waals surface area contributed by atoms with Crippen molar-refractivity contribution < 1.29 is 17.9 Å². The molecule has 0 bridgehead atoms. The standard InChI is InChI=1S/C19H23NO4S/c1-4-14(2)15-8-10-17(11-9-15)24-13-19(21)20-16-6-5-7-18(12-16)25(3,22)23/h5-12,14H,4,13H2,1-3H3,(H,20,21)/t14-/m0/s1. The van der Waals surface area contributed by atoms with Crippen LogP contribution in [0.1, 0.15) is 31.7 Å². The molecule has 0 aliphatic rings. The Kier molecular flexibility index (Phi) is 6.20. The second kappa shape index (κ2) is 8.16. The van der Waals surface area contributed by atoms with Crippen LogP contribution in [0.4, 0.5) is 5.69 Å². The van der Waals surface area contributed by atoms with Gasteiger partial charge < -0.3 is 10.1 Å². The number of sulfone groups is 1. The minimum Gasteiger partial charge on any atom is -0.484 e. The van der Waals surface area contributed by atoms with Crippen molar-refractivity contribution in [2.24, 2.45) is 0 Å². The van der Waals surface area contributed by atoms with E-state index in [1.165, 1.54) is 17.7 Å². The molecule has 2 rings (SSSR count). The summed E-state index contributed by atoms with van der Waals surface area (Å²) in [5.41, 5.74) is 1.65. The highest BCUT2D eigenvalue weighted by molar-refractivity contribution is 7.90. The molecule has 1 atom stereocenters. The van der Waals surface area contributed by atoms with Gasteiger partial charge in [-0.05, 0) is 48.2 Å². The Morgan fingerprint density at radius 3 is 2.44 bits per heavy atom. The molecule has 0 heterocycles. The van der Waals surface area contributed by atoms with Crippen LogP contribution in [-0.2, 0) is 14.6 Å². The number of ether oxygens (including phenoxy) is 1. The Morgan fingerprint density at radius 1 is 1.16 bits per heavy atom. The van der Waals surface area contributed by atoms with Gasteiger partial charge in [0.1, 0.15) is 5.75 Å². The van der Waals surface area contributed by atoms with Gasteiger partial charge in [0.15, 0.2) is 16.4 Å². The first-order valence-electron chi connectivity index (χ1n) is 8.12. The van der Waals surface area contributed by atoms with Crippen molar-refractivity contribution >= 4 is 21.4 Å². The van der Waals surface area contributed by atoms with Crippen LogP contribution in [-0.4, -0.2) is 27.2 Å². The Bertz CT molecular complexity index is 829. The molecule has 2 aromatic rings. The zero-order valence-electron chi connectivity index (χ0n) is 14.7. The van der Waals surface area contributed by atoms with Crippen LogP contribution >= 0.6 is 0 Å². The third-order valence-corrected chi connectivity index (χ3v) is 5.09. The molecule has 0 fully saturated rings. The summed E-state index contributed by atoms with van der Waals surface area (Å²) in [5, 5.41) is 2.64. The van der Waals surface area contributed by atoms with Crippen LogP contribution in [0.25, 0.3) is 0 Å². The lowest BCUT2D eigenvalue weighted by molar-refractivity contribution is -0.118. The molecule has 0 aromatic heterocycles. The van der Waals surface area contributed by atoms with E-state index in [9.17, 15) is 13.2 Å². The van der Waals surface area contributed by atoms with Crippen molar-refractivity contribution in [2.45, 2.75) is 31.1 Å². The van der Waals surface area contributed by atoms with Gasteiger partial charge >= 0.3 is 0 Å². The van der Waals surface area contributed by atoms with E-state index >= 15 is 0 Å². The van der Waals surface area contributed by atoms with Gasteiger partial charge in [-0.3, -0.25) is 4.79 Å². The van der Waals surface area contributed by atoms with Crippen molar-refractivity contribution in [1.82, 2.24) is 0 Å². The molecule has 0 aliphatic heterocycles. The number of benzene rings is 2. The van der Waals surface area contributed by atoms with E-state index in [0.29, 0.717) is 17.4 Å². The maximum atomic E-state index is 12.0. The van der Waals surface area contributed by atoms with Crippen molar-refractivity contribution in [3.8, 4) is 5.75 Å². The predicted octanol–water partition coefficient (Wildman–Crippen LogP) is 3.62. The minimum atomic E-state index is -3.31. The molecular weight excluding hydrogens is 338 g/mol. The van der Waals surface area contributed by atoms with Crippen LogP contribution in [0.2, 0.25) is 0 Å². The van der Waals surface area contributed by atoms with Crippen LogP contribution in [0, 0.1) is 0 Å². The number of anilines is 1. The molecule has 6 heteroatoms. The van der Waals surface area contributed by atoms with Gasteiger partial charge in [-0.25, -0.2) is 8.42 Å². The largest absolute Gasteiger partial charge is 0.484 e. The van der Waals surface area contributed by atoms with Crippen molar-refractivity contribution in [3.05, 3.63) is 54.1 Å². The highest BCUT2D eigenvalue weighted by atomic mass is 32.2. The smallest absolute Gasteiger partial charge is 0.262 e. The third-order valence-electron chi connectivity index (χ3n) is 3.98. The Hall–Kier alpha value is -2.34. The molecule has 25 heavy (non-hydrogen) atoms.